The van der Waals surface area contributed by atoms with Gasteiger partial charge in [0.1, 0.15) is 0 Å². The van der Waals surface area contributed by atoms with E-state index in [4.69, 9.17) is 4.74 Å². The van der Waals surface area contributed by atoms with Crippen LogP contribution in [0.5, 0.6) is 0 Å². The lowest BCUT2D eigenvalue weighted by Crippen LogP contribution is -2.36. The van der Waals surface area contributed by atoms with Gasteiger partial charge in [-0.3, -0.25) is 0 Å². The Labute approximate surface area is 121 Å². The molecular formula is C14H23NO4S. The second-order valence-corrected chi connectivity index (χ2v) is 6.34. The van der Waals surface area contributed by atoms with Crippen molar-refractivity contribution in [2.45, 2.75) is 44.7 Å². The van der Waals surface area contributed by atoms with Gasteiger partial charge in [0.25, 0.3) is 0 Å². The van der Waals surface area contributed by atoms with Gasteiger partial charge in [-0.2, -0.15) is 0 Å². The molecular weight excluding hydrogens is 278 g/mol. The SMILES string of the molecule is CCOCC(C)NS(=O)(=O)c1ccc(CC)c(CO)c1. The minimum Gasteiger partial charge on any atom is -0.392 e. The van der Waals surface area contributed by atoms with Gasteiger partial charge in [0.05, 0.1) is 18.1 Å². The van der Waals surface area contributed by atoms with Crippen LogP contribution in [0.25, 0.3) is 0 Å². The summed E-state index contributed by atoms with van der Waals surface area (Å²) in [7, 11) is -3.59. The number of aliphatic hydroxyl groups is 1. The predicted octanol–water partition coefficient (Wildman–Crippen LogP) is 1.44. The molecule has 0 heterocycles. The molecule has 0 saturated heterocycles. The summed E-state index contributed by atoms with van der Waals surface area (Å²) in [5.41, 5.74) is 1.60. The van der Waals surface area contributed by atoms with E-state index in [0.717, 1.165) is 12.0 Å². The summed E-state index contributed by atoms with van der Waals surface area (Å²) in [4.78, 5) is 0.169. The second-order valence-electron chi connectivity index (χ2n) is 4.62. The van der Waals surface area contributed by atoms with Crippen LogP contribution in [0.3, 0.4) is 0 Å². The van der Waals surface area contributed by atoms with Gasteiger partial charge in [-0.05, 0) is 43.5 Å². The number of ether oxygens (including phenoxy) is 1. The fourth-order valence-electron chi connectivity index (χ4n) is 1.92. The Bertz CT molecular complexity index is 528. The predicted molar refractivity (Wildman–Crippen MR) is 78.0 cm³/mol. The van der Waals surface area contributed by atoms with Crippen LogP contribution >= 0.6 is 0 Å². The minimum atomic E-state index is -3.59. The fraction of sp³-hybridized carbons (Fsp3) is 0.571. The lowest BCUT2D eigenvalue weighted by Gasteiger charge is -2.15. The van der Waals surface area contributed by atoms with E-state index in [1.54, 1.807) is 19.1 Å². The first-order valence-electron chi connectivity index (χ1n) is 6.77. The number of rotatable bonds is 8. The molecule has 0 amide bonds. The number of sulfonamides is 1. The third kappa shape index (κ3) is 4.56. The van der Waals surface area contributed by atoms with Crippen molar-refractivity contribution in [3.05, 3.63) is 29.3 Å². The molecule has 114 valence electrons. The van der Waals surface area contributed by atoms with E-state index in [1.165, 1.54) is 6.07 Å². The number of aryl methyl sites for hydroxylation is 1. The average Bonchev–Trinajstić information content (AvgIpc) is 2.43. The average molecular weight is 301 g/mol. The lowest BCUT2D eigenvalue weighted by molar-refractivity contribution is 0.133. The molecule has 2 N–H and O–H groups in total. The number of benzene rings is 1. The van der Waals surface area contributed by atoms with E-state index >= 15 is 0 Å². The Morgan fingerprint density at radius 2 is 2.00 bits per heavy atom. The Hall–Kier alpha value is -0.950. The van der Waals surface area contributed by atoms with Crippen LogP contribution in [0.2, 0.25) is 0 Å². The molecule has 0 saturated carbocycles. The first-order valence-corrected chi connectivity index (χ1v) is 8.25. The Balaban J connectivity index is 2.92. The normalized spacial score (nSPS) is 13.4. The third-order valence-electron chi connectivity index (χ3n) is 2.97. The van der Waals surface area contributed by atoms with Crippen LogP contribution in [-0.2, 0) is 27.8 Å². The minimum absolute atomic E-state index is 0.166. The van der Waals surface area contributed by atoms with Gasteiger partial charge in [-0.15, -0.1) is 0 Å². The largest absolute Gasteiger partial charge is 0.392 e. The molecule has 1 unspecified atom stereocenters. The smallest absolute Gasteiger partial charge is 0.240 e. The van der Waals surface area contributed by atoms with Crippen molar-refractivity contribution in [3.63, 3.8) is 0 Å². The van der Waals surface area contributed by atoms with Gasteiger partial charge in [0.15, 0.2) is 0 Å². The van der Waals surface area contributed by atoms with Crippen LogP contribution < -0.4 is 4.72 Å². The molecule has 0 aliphatic rings. The molecule has 0 aliphatic carbocycles. The first kappa shape index (κ1) is 17.1. The van der Waals surface area contributed by atoms with Crippen molar-refractivity contribution in [3.8, 4) is 0 Å². The zero-order chi connectivity index (χ0) is 15.2. The first-order chi connectivity index (χ1) is 9.44. The monoisotopic (exact) mass is 301 g/mol. The molecule has 5 nitrogen and oxygen atoms in total. The van der Waals surface area contributed by atoms with Crippen molar-refractivity contribution in [2.24, 2.45) is 0 Å². The number of nitrogens with one attached hydrogen (secondary N) is 1. The summed E-state index contributed by atoms with van der Waals surface area (Å²) in [6.07, 6.45) is 0.754. The molecule has 0 radical (unpaired) electrons. The van der Waals surface area contributed by atoms with Gasteiger partial charge in [0, 0.05) is 12.6 Å². The maximum Gasteiger partial charge on any atom is 0.240 e. The van der Waals surface area contributed by atoms with Crippen molar-refractivity contribution < 1.29 is 18.3 Å². The van der Waals surface area contributed by atoms with Gasteiger partial charge in [-0.25, -0.2) is 13.1 Å². The molecule has 1 aromatic carbocycles. The summed E-state index contributed by atoms with van der Waals surface area (Å²) < 4.78 is 32.2. The molecule has 1 aromatic rings. The number of aliphatic hydroxyl groups excluding tert-OH is 1. The maximum atomic E-state index is 12.2. The van der Waals surface area contributed by atoms with Crippen LogP contribution in [0.15, 0.2) is 23.1 Å². The summed E-state index contributed by atoms with van der Waals surface area (Å²) in [5.74, 6) is 0. The van der Waals surface area contributed by atoms with Gasteiger partial charge in [0.2, 0.25) is 10.0 Å². The topological polar surface area (TPSA) is 75.6 Å². The van der Waals surface area contributed by atoms with E-state index in [9.17, 15) is 13.5 Å². The van der Waals surface area contributed by atoms with Crippen LogP contribution in [0.4, 0.5) is 0 Å². The van der Waals surface area contributed by atoms with E-state index in [1.807, 2.05) is 13.8 Å². The molecule has 0 fully saturated rings. The highest BCUT2D eigenvalue weighted by atomic mass is 32.2. The molecule has 0 bridgehead atoms. The molecule has 20 heavy (non-hydrogen) atoms. The van der Waals surface area contributed by atoms with E-state index < -0.39 is 10.0 Å². The zero-order valence-electron chi connectivity index (χ0n) is 12.2. The van der Waals surface area contributed by atoms with Crippen LogP contribution in [0.1, 0.15) is 31.9 Å². The third-order valence-corrected chi connectivity index (χ3v) is 4.55. The van der Waals surface area contributed by atoms with E-state index in [-0.39, 0.29) is 17.5 Å². The van der Waals surface area contributed by atoms with E-state index in [0.29, 0.717) is 18.8 Å². The molecule has 1 rings (SSSR count). The summed E-state index contributed by atoms with van der Waals surface area (Å²) >= 11 is 0. The van der Waals surface area contributed by atoms with E-state index in [2.05, 4.69) is 4.72 Å². The van der Waals surface area contributed by atoms with Gasteiger partial charge < -0.3 is 9.84 Å². The Morgan fingerprint density at radius 1 is 1.30 bits per heavy atom. The highest BCUT2D eigenvalue weighted by molar-refractivity contribution is 7.89. The van der Waals surface area contributed by atoms with Crippen molar-refractivity contribution in [2.75, 3.05) is 13.2 Å². The number of hydrogen-bond acceptors (Lipinski definition) is 4. The van der Waals surface area contributed by atoms with Crippen LogP contribution in [0, 0.1) is 0 Å². The highest BCUT2D eigenvalue weighted by Crippen LogP contribution is 2.17. The molecule has 6 heteroatoms. The quantitative estimate of drug-likeness (QED) is 0.762. The molecule has 0 aromatic heterocycles. The fourth-order valence-corrected chi connectivity index (χ4v) is 3.20. The summed E-state index contributed by atoms with van der Waals surface area (Å²) in [6, 6.07) is 4.53. The molecule has 0 spiro atoms. The van der Waals surface area contributed by atoms with Crippen molar-refractivity contribution in [1.82, 2.24) is 4.72 Å². The summed E-state index contributed by atoms with van der Waals surface area (Å²) in [6.45, 7) is 6.28. The summed E-state index contributed by atoms with van der Waals surface area (Å²) in [5, 5.41) is 9.30. The second kappa shape index (κ2) is 7.73. The van der Waals surface area contributed by atoms with Crippen molar-refractivity contribution in [1.29, 1.82) is 0 Å². The zero-order valence-corrected chi connectivity index (χ0v) is 13.0. The Kier molecular flexibility index (Phi) is 6.61. The van der Waals surface area contributed by atoms with Crippen molar-refractivity contribution >= 4 is 10.0 Å². The standard InChI is InChI=1S/C14H23NO4S/c1-4-12-6-7-14(8-13(12)9-16)20(17,18)15-11(3)10-19-5-2/h6-8,11,15-16H,4-5,9-10H2,1-3H3. The van der Waals surface area contributed by atoms with Gasteiger partial charge >= 0.3 is 0 Å². The highest BCUT2D eigenvalue weighted by Gasteiger charge is 2.18. The van der Waals surface area contributed by atoms with Gasteiger partial charge in [-0.1, -0.05) is 13.0 Å². The molecule has 0 aliphatic heterocycles. The lowest BCUT2D eigenvalue weighted by atomic mass is 10.1. The number of hydrogen-bond donors (Lipinski definition) is 2. The maximum absolute atomic E-state index is 12.2. The molecule has 1 atom stereocenters. The van der Waals surface area contributed by atoms with Crippen LogP contribution in [-0.4, -0.2) is 32.8 Å². The Morgan fingerprint density at radius 3 is 2.55 bits per heavy atom.